The predicted octanol–water partition coefficient (Wildman–Crippen LogP) is 1.29. The number of primary amides is 1. The summed E-state index contributed by atoms with van der Waals surface area (Å²) >= 11 is 11.2. The number of Topliss-reactive ketones (excluding diaryl/α,β-unsaturated/α-hetero) is 2. The third-order valence-corrected chi connectivity index (χ3v) is 8.73. The van der Waals surface area contributed by atoms with Crippen molar-refractivity contribution in [3.8, 4) is 0 Å². The Kier molecular flexibility index (Phi) is 10.8. The van der Waals surface area contributed by atoms with Gasteiger partial charge in [0.1, 0.15) is 12.7 Å². The number of rotatable bonds is 11. The number of nitrogens with two attached hydrogens (primary N) is 1. The quantitative estimate of drug-likeness (QED) is 0.158. The summed E-state index contributed by atoms with van der Waals surface area (Å²) in [6.07, 6.45) is -0.884. The number of hydrogen-bond donors (Lipinski definition) is 2. The van der Waals surface area contributed by atoms with Crippen LogP contribution in [0.15, 0.2) is 22.5 Å². The van der Waals surface area contributed by atoms with Crippen LogP contribution in [0.25, 0.3) is 0 Å². The van der Waals surface area contributed by atoms with Crippen LogP contribution in [0.5, 0.6) is 0 Å². The van der Waals surface area contributed by atoms with Crippen LogP contribution in [0.1, 0.15) is 13.3 Å². The summed E-state index contributed by atoms with van der Waals surface area (Å²) in [6, 6.07) is 0. The Hall–Kier alpha value is -1.66. The number of ketones is 2. The molecule has 2 atom stereocenters. The van der Waals surface area contributed by atoms with Gasteiger partial charge in [0.25, 0.3) is 0 Å². The summed E-state index contributed by atoms with van der Waals surface area (Å²) in [7, 11) is -1.44. The zero-order valence-electron chi connectivity index (χ0n) is 21.0. The zero-order valence-corrected chi connectivity index (χ0v) is 23.4. The fourth-order valence-corrected chi connectivity index (χ4v) is 6.70. The average molecular weight is 582 g/mol. The zero-order chi connectivity index (χ0) is 27.2. The minimum Gasteiger partial charge on any atom is -0.447 e. The molecule has 3 aliphatic heterocycles. The summed E-state index contributed by atoms with van der Waals surface area (Å²) in [6.45, 7) is 6.73. The van der Waals surface area contributed by atoms with Gasteiger partial charge in [-0.1, -0.05) is 0 Å². The van der Waals surface area contributed by atoms with Gasteiger partial charge in [-0.05, 0) is 13.3 Å². The van der Waals surface area contributed by atoms with Gasteiger partial charge in [-0.25, -0.2) is 14.6 Å². The molecule has 3 N–H and O–H groups in total. The van der Waals surface area contributed by atoms with E-state index in [1.165, 1.54) is 7.11 Å². The molecule has 0 bridgehead atoms. The highest BCUT2D eigenvalue weighted by Gasteiger charge is 2.44. The van der Waals surface area contributed by atoms with Crippen molar-refractivity contribution in [2.45, 2.75) is 19.4 Å². The SMILES string of the molecule is COC(COC(N)=O)C1=C(N2CC2)C(=O)C(C)=C(N2CC2)C1=O.O=P1(N(CCCl)CCCl)NCCCO1. The summed E-state index contributed by atoms with van der Waals surface area (Å²) in [5, 5.41) is 2.91. The van der Waals surface area contributed by atoms with Crippen LogP contribution in [-0.2, 0) is 28.2 Å². The van der Waals surface area contributed by atoms with Crippen molar-refractivity contribution in [1.29, 1.82) is 0 Å². The first-order valence-electron chi connectivity index (χ1n) is 12.0. The Balaban J connectivity index is 0.000000233. The molecule has 1 aliphatic carbocycles. The molecule has 3 fully saturated rings. The predicted molar refractivity (Wildman–Crippen MR) is 138 cm³/mol. The molecule has 0 aromatic rings. The number of carbonyl (C=O) groups is 3. The molecule has 1 amide bonds. The Morgan fingerprint density at radius 2 is 1.73 bits per heavy atom. The van der Waals surface area contributed by atoms with Gasteiger partial charge in [0, 0.05) is 70.3 Å². The lowest BCUT2D eigenvalue weighted by Crippen LogP contribution is -2.37. The van der Waals surface area contributed by atoms with Crippen molar-refractivity contribution in [3.63, 3.8) is 0 Å². The number of hydrogen-bond acceptors (Lipinski definition) is 9. The molecule has 0 spiro atoms. The minimum absolute atomic E-state index is 0.167. The van der Waals surface area contributed by atoms with Crippen LogP contribution in [0.2, 0.25) is 0 Å². The second-order valence-electron chi connectivity index (χ2n) is 8.67. The lowest BCUT2D eigenvalue weighted by molar-refractivity contribution is -0.119. The van der Waals surface area contributed by atoms with E-state index >= 15 is 0 Å². The molecule has 4 rings (SSSR count). The van der Waals surface area contributed by atoms with Gasteiger partial charge in [-0.3, -0.25) is 14.2 Å². The average Bonchev–Trinajstić information content (AvgIpc) is 3.78. The Labute approximate surface area is 226 Å². The molecule has 0 aromatic carbocycles. The highest BCUT2D eigenvalue weighted by molar-refractivity contribution is 7.54. The highest BCUT2D eigenvalue weighted by Crippen LogP contribution is 2.48. The van der Waals surface area contributed by atoms with Crippen molar-refractivity contribution in [1.82, 2.24) is 19.6 Å². The number of ether oxygens (including phenoxy) is 2. The van der Waals surface area contributed by atoms with Gasteiger partial charge in [0.15, 0.2) is 0 Å². The van der Waals surface area contributed by atoms with Gasteiger partial charge in [0.05, 0.1) is 23.6 Å². The normalized spacial score (nSPS) is 24.2. The third kappa shape index (κ3) is 7.47. The summed E-state index contributed by atoms with van der Waals surface area (Å²) in [5.41, 5.74) is 6.49. The molecule has 0 aromatic heterocycles. The first kappa shape index (κ1) is 29.9. The number of carbonyl (C=O) groups excluding carboxylic acids is 3. The number of allylic oxidation sites excluding steroid dienone is 2. The lowest BCUT2D eigenvalue weighted by atomic mass is 9.88. The van der Waals surface area contributed by atoms with Crippen molar-refractivity contribution >= 4 is 48.5 Å². The van der Waals surface area contributed by atoms with Crippen LogP contribution in [0.3, 0.4) is 0 Å². The first-order valence-corrected chi connectivity index (χ1v) is 14.7. The fourth-order valence-electron chi connectivity index (χ4n) is 4.06. The van der Waals surface area contributed by atoms with Crippen LogP contribution in [-0.4, -0.2) is 116 Å². The molecule has 15 heteroatoms. The van der Waals surface area contributed by atoms with E-state index < -0.39 is 19.9 Å². The Bertz CT molecular complexity index is 984. The van der Waals surface area contributed by atoms with E-state index in [0.717, 1.165) is 39.1 Å². The van der Waals surface area contributed by atoms with Gasteiger partial charge in [-0.15, -0.1) is 23.2 Å². The summed E-state index contributed by atoms with van der Waals surface area (Å²) in [5.74, 6) is 0.444. The Morgan fingerprint density at radius 1 is 1.14 bits per heavy atom. The lowest BCUT2D eigenvalue weighted by Gasteiger charge is -2.33. The van der Waals surface area contributed by atoms with Crippen molar-refractivity contribution in [2.24, 2.45) is 5.73 Å². The highest BCUT2D eigenvalue weighted by atomic mass is 35.5. The summed E-state index contributed by atoms with van der Waals surface area (Å²) in [4.78, 5) is 40.2. The minimum atomic E-state index is -2.84. The number of amides is 1. The van der Waals surface area contributed by atoms with Crippen LogP contribution in [0.4, 0.5) is 4.79 Å². The molecule has 0 saturated carbocycles. The molecule has 0 radical (unpaired) electrons. The molecule has 2 unspecified atom stereocenters. The third-order valence-electron chi connectivity index (χ3n) is 6.09. The van der Waals surface area contributed by atoms with Crippen molar-refractivity contribution < 1.29 is 32.9 Å². The van der Waals surface area contributed by atoms with Gasteiger partial charge in [0.2, 0.25) is 11.6 Å². The molecule has 3 heterocycles. The second-order valence-corrected chi connectivity index (χ2v) is 11.6. The second kappa shape index (κ2) is 13.4. The number of alkyl halides is 2. The number of methoxy groups -OCH3 is 1. The molecular weight excluding hydrogens is 548 g/mol. The topological polar surface area (TPSA) is 143 Å². The van der Waals surface area contributed by atoms with E-state index in [0.29, 0.717) is 48.4 Å². The van der Waals surface area contributed by atoms with Gasteiger partial charge < -0.3 is 29.5 Å². The number of nitrogens with zero attached hydrogens (tertiary/aromatic N) is 3. The van der Waals surface area contributed by atoms with E-state index in [4.69, 9.17) is 42.9 Å². The molecule has 208 valence electrons. The van der Waals surface area contributed by atoms with E-state index in [1.54, 1.807) is 11.6 Å². The molecule has 12 nitrogen and oxygen atoms in total. The van der Waals surface area contributed by atoms with Crippen LogP contribution >= 0.6 is 30.9 Å². The number of halogens is 2. The van der Waals surface area contributed by atoms with E-state index in [-0.39, 0.29) is 23.7 Å². The van der Waals surface area contributed by atoms with E-state index in [1.807, 2.05) is 9.80 Å². The molecule has 4 aliphatic rings. The van der Waals surface area contributed by atoms with Gasteiger partial charge in [-0.2, -0.15) is 0 Å². The first-order chi connectivity index (χ1) is 17.7. The molecular formula is C22H34Cl2N5O7P. The molecule has 3 saturated heterocycles. The van der Waals surface area contributed by atoms with Gasteiger partial charge >= 0.3 is 13.8 Å². The standard InChI is InChI=1S/C15H19N3O5.C7H15Cl2N2O2P/c1-8-11(17-3-4-17)14(20)10(9(22-2)7-23-15(16)21)12(13(8)19)18-5-6-18;8-2-5-11(6-3-9)14(12)10-4-1-7-13-14/h9H,3-7H2,1-2H3,(H2,16,21);1-7H2,(H,10,12). The van der Waals surface area contributed by atoms with Crippen LogP contribution in [0, 0.1) is 0 Å². The van der Waals surface area contributed by atoms with E-state index in [2.05, 4.69) is 5.09 Å². The van der Waals surface area contributed by atoms with Crippen molar-refractivity contribution in [2.75, 3.05) is 77.9 Å². The van der Waals surface area contributed by atoms with Crippen LogP contribution < -0.4 is 10.8 Å². The monoisotopic (exact) mass is 581 g/mol. The van der Waals surface area contributed by atoms with E-state index in [9.17, 15) is 18.9 Å². The maximum absolute atomic E-state index is 13.0. The largest absolute Gasteiger partial charge is 0.447 e. The van der Waals surface area contributed by atoms with Crippen molar-refractivity contribution in [3.05, 3.63) is 22.5 Å². The maximum atomic E-state index is 13.0. The molecule has 37 heavy (non-hydrogen) atoms. The number of nitrogens with one attached hydrogen (secondary N) is 1. The fraction of sp³-hybridized carbons (Fsp3) is 0.682. The smallest absolute Gasteiger partial charge is 0.404 e. The Morgan fingerprint density at radius 3 is 2.19 bits per heavy atom. The summed E-state index contributed by atoms with van der Waals surface area (Å²) < 4.78 is 29.3. The maximum Gasteiger partial charge on any atom is 0.404 e.